The maximum atomic E-state index is 11.4. The van der Waals surface area contributed by atoms with Crippen molar-refractivity contribution in [1.29, 1.82) is 0 Å². The SMILES string of the molecule is CNCCCC(=O)NCC1(C)CCCO1. The molecule has 0 aliphatic carbocycles. The van der Waals surface area contributed by atoms with Crippen LogP contribution in [0.1, 0.15) is 32.6 Å². The van der Waals surface area contributed by atoms with E-state index in [0.717, 1.165) is 32.4 Å². The molecule has 88 valence electrons. The van der Waals surface area contributed by atoms with E-state index in [1.165, 1.54) is 0 Å². The van der Waals surface area contributed by atoms with E-state index in [-0.39, 0.29) is 11.5 Å². The van der Waals surface area contributed by atoms with Gasteiger partial charge >= 0.3 is 0 Å². The van der Waals surface area contributed by atoms with Crippen molar-refractivity contribution in [2.75, 3.05) is 26.7 Å². The topological polar surface area (TPSA) is 50.4 Å². The number of hydrogen-bond donors (Lipinski definition) is 2. The minimum atomic E-state index is -0.126. The van der Waals surface area contributed by atoms with E-state index in [1.54, 1.807) is 0 Å². The molecule has 0 saturated carbocycles. The third-order valence-electron chi connectivity index (χ3n) is 2.79. The van der Waals surface area contributed by atoms with Gasteiger partial charge in [0.2, 0.25) is 5.91 Å². The summed E-state index contributed by atoms with van der Waals surface area (Å²) in [6.07, 6.45) is 3.63. The standard InChI is InChI=1S/C11H22N2O2/c1-11(6-4-8-15-11)9-13-10(14)5-3-7-12-2/h12H,3-9H2,1-2H3,(H,13,14). The molecule has 1 unspecified atom stereocenters. The number of carbonyl (C=O) groups is 1. The minimum Gasteiger partial charge on any atom is -0.373 e. The monoisotopic (exact) mass is 214 g/mol. The number of rotatable bonds is 6. The molecule has 0 aromatic carbocycles. The molecule has 15 heavy (non-hydrogen) atoms. The van der Waals surface area contributed by atoms with Crippen LogP contribution < -0.4 is 10.6 Å². The third-order valence-corrected chi connectivity index (χ3v) is 2.79. The highest BCUT2D eigenvalue weighted by Gasteiger charge is 2.29. The molecule has 4 heteroatoms. The molecule has 0 aromatic heterocycles. The van der Waals surface area contributed by atoms with Gasteiger partial charge in [-0.1, -0.05) is 0 Å². The van der Waals surface area contributed by atoms with Crippen LogP contribution in [-0.4, -0.2) is 38.3 Å². The van der Waals surface area contributed by atoms with Gasteiger partial charge in [0, 0.05) is 19.6 Å². The summed E-state index contributed by atoms with van der Waals surface area (Å²) in [4.78, 5) is 11.4. The molecule has 1 heterocycles. The molecular formula is C11H22N2O2. The Morgan fingerprint density at radius 3 is 2.93 bits per heavy atom. The largest absolute Gasteiger partial charge is 0.373 e. The van der Waals surface area contributed by atoms with Gasteiger partial charge in [0.1, 0.15) is 0 Å². The molecule has 0 spiro atoms. The van der Waals surface area contributed by atoms with Crippen molar-refractivity contribution in [3.8, 4) is 0 Å². The van der Waals surface area contributed by atoms with Crippen molar-refractivity contribution in [3.05, 3.63) is 0 Å². The van der Waals surface area contributed by atoms with E-state index >= 15 is 0 Å². The Morgan fingerprint density at radius 2 is 2.33 bits per heavy atom. The van der Waals surface area contributed by atoms with Gasteiger partial charge in [0.05, 0.1) is 5.60 Å². The Morgan fingerprint density at radius 1 is 1.53 bits per heavy atom. The summed E-state index contributed by atoms with van der Waals surface area (Å²) in [5.74, 6) is 0.127. The number of carbonyl (C=O) groups excluding carboxylic acids is 1. The summed E-state index contributed by atoms with van der Waals surface area (Å²) in [5.41, 5.74) is -0.126. The molecule has 2 N–H and O–H groups in total. The molecule has 1 aliphatic rings. The Balaban J connectivity index is 2.10. The zero-order valence-electron chi connectivity index (χ0n) is 9.77. The summed E-state index contributed by atoms with van der Waals surface area (Å²) in [6.45, 7) is 4.42. The zero-order chi connectivity index (χ0) is 11.1. The highest BCUT2D eigenvalue weighted by molar-refractivity contribution is 5.75. The quantitative estimate of drug-likeness (QED) is 0.639. The molecule has 1 amide bonds. The van der Waals surface area contributed by atoms with Crippen LogP contribution in [0.25, 0.3) is 0 Å². The Hall–Kier alpha value is -0.610. The Kier molecular flexibility index (Phi) is 5.05. The summed E-state index contributed by atoms with van der Waals surface area (Å²) >= 11 is 0. The van der Waals surface area contributed by atoms with Gasteiger partial charge in [-0.15, -0.1) is 0 Å². The van der Waals surface area contributed by atoms with Crippen LogP contribution in [0.2, 0.25) is 0 Å². The van der Waals surface area contributed by atoms with E-state index in [0.29, 0.717) is 13.0 Å². The second-order valence-corrected chi connectivity index (χ2v) is 4.39. The zero-order valence-corrected chi connectivity index (χ0v) is 9.77. The summed E-state index contributed by atoms with van der Waals surface area (Å²) in [6, 6.07) is 0. The van der Waals surface area contributed by atoms with E-state index in [1.807, 2.05) is 7.05 Å². The van der Waals surface area contributed by atoms with Crippen molar-refractivity contribution in [1.82, 2.24) is 10.6 Å². The van der Waals surface area contributed by atoms with Crippen LogP contribution in [0.3, 0.4) is 0 Å². The lowest BCUT2D eigenvalue weighted by Crippen LogP contribution is -2.40. The van der Waals surface area contributed by atoms with Crippen LogP contribution in [0.15, 0.2) is 0 Å². The number of amides is 1. The maximum Gasteiger partial charge on any atom is 0.220 e. The van der Waals surface area contributed by atoms with Gasteiger partial charge in [0.25, 0.3) is 0 Å². The number of nitrogens with one attached hydrogen (secondary N) is 2. The second kappa shape index (κ2) is 6.08. The van der Waals surface area contributed by atoms with E-state index < -0.39 is 0 Å². The lowest BCUT2D eigenvalue weighted by molar-refractivity contribution is -0.122. The lowest BCUT2D eigenvalue weighted by atomic mass is 10.0. The van der Waals surface area contributed by atoms with Crippen LogP contribution in [0.4, 0.5) is 0 Å². The van der Waals surface area contributed by atoms with E-state index in [9.17, 15) is 4.79 Å². The Bertz CT molecular complexity index is 201. The van der Waals surface area contributed by atoms with Crippen molar-refractivity contribution in [2.24, 2.45) is 0 Å². The normalized spacial score (nSPS) is 25.5. The first-order valence-corrected chi connectivity index (χ1v) is 5.71. The van der Waals surface area contributed by atoms with Crippen LogP contribution in [-0.2, 0) is 9.53 Å². The lowest BCUT2D eigenvalue weighted by Gasteiger charge is -2.23. The molecule has 1 saturated heterocycles. The van der Waals surface area contributed by atoms with Crippen molar-refractivity contribution >= 4 is 5.91 Å². The Labute approximate surface area is 91.8 Å². The molecular weight excluding hydrogens is 192 g/mol. The predicted octanol–water partition coefficient (Wildman–Crippen LogP) is 0.671. The fourth-order valence-corrected chi connectivity index (χ4v) is 1.78. The smallest absolute Gasteiger partial charge is 0.220 e. The van der Waals surface area contributed by atoms with Crippen LogP contribution >= 0.6 is 0 Å². The van der Waals surface area contributed by atoms with Gasteiger partial charge in [-0.25, -0.2) is 0 Å². The summed E-state index contributed by atoms with van der Waals surface area (Å²) in [7, 11) is 1.89. The number of ether oxygens (including phenoxy) is 1. The molecule has 1 rings (SSSR count). The van der Waals surface area contributed by atoms with Gasteiger partial charge < -0.3 is 15.4 Å². The molecule has 0 aromatic rings. The van der Waals surface area contributed by atoms with Gasteiger partial charge in [-0.3, -0.25) is 4.79 Å². The van der Waals surface area contributed by atoms with E-state index in [4.69, 9.17) is 4.74 Å². The fraction of sp³-hybridized carbons (Fsp3) is 0.909. The maximum absolute atomic E-state index is 11.4. The van der Waals surface area contributed by atoms with Crippen molar-refractivity contribution in [2.45, 2.75) is 38.2 Å². The summed E-state index contributed by atoms with van der Waals surface area (Å²) in [5, 5.41) is 5.96. The second-order valence-electron chi connectivity index (χ2n) is 4.39. The number of hydrogen-bond acceptors (Lipinski definition) is 3. The predicted molar refractivity (Wildman–Crippen MR) is 59.8 cm³/mol. The first-order valence-electron chi connectivity index (χ1n) is 5.71. The highest BCUT2D eigenvalue weighted by atomic mass is 16.5. The molecule has 1 aliphatic heterocycles. The van der Waals surface area contributed by atoms with Gasteiger partial charge in [-0.05, 0) is 39.8 Å². The molecule has 4 nitrogen and oxygen atoms in total. The first kappa shape index (κ1) is 12.5. The van der Waals surface area contributed by atoms with Crippen LogP contribution in [0, 0.1) is 0 Å². The molecule has 1 atom stereocenters. The van der Waals surface area contributed by atoms with E-state index in [2.05, 4.69) is 17.6 Å². The van der Waals surface area contributed by atoms with Crippen molar-refractivity contribution in [3.63, 3.8) is 0 Å². The molecule has 0 bridgehead atoms. The molecule has 0 radical (unpaired) electrons. The highest BCUT2D eigenvalue weighted by Crippen LogP contribution is 2.23. The molecule has 1 fully saturated rings. The van der Waals surface area contributed by atoms with Crippen LogP contribution in [0.5, 0.6) is 0 Å². The van der Waals surface area contributed by atoms with Crippen molar-refractivity contribution < 1.29 is 9.53 Å². The summed E-state index contributed by atoms with van der Waals surface area (Å²) < 4.78 is 5.59. The average molecular weight is 214 g/mol. The van der Waals surface area contributed by atoms with Gasteiger partial charge in [0.15, 0.2) is 0 Å². The third kappa shape index (κ3) is 4.62. The first-order chi connectivity index (χ1) is 7.16. The fourth-order valence-electron chi connectivity index (χ4n) is 1.78. The average Bonchev–Trinajstić information content (AvgIpc) is 2.64. The minimum absolute atomic E-state index is 0.126. The van der Waals surface area contributed by atoms with Gasteiger partial charge in [-0.2, -0.15) is 0 Å².